The maximum Gasteiger partial charge on any atom is 0.416 e. The summed E-state index contributed by atoms with van der Waals surface area (Å²) in [5, 5.41) is 7.96. The fourth-order valence-electron chi connectivity index (χ4n) is 2.11. The second-order valence-electron chi connectivity index (χ2n) is 5.22. The highest BCUT2D eigenvalue weighted by atomic mass is 19.4. The van der Waals surface area contributed by atoms with Crippen LogP contribution in [0.5, 0.6) is 5.75 Å². The van der Waals surface area contributed by atoms with Crippen LogP contribution in [0.25, 0.3) is 17.6 Å². The number of aromatic nitrogens is 3. The normalized spacial score (nSPS) is 14.8. The van der Waals surface area contributed by atoms with Crippen LogP contribution in [0, 0.1) is 0 Å². The summed E-state index contributed by atoms with van der Waals surface area (Å²) in [5.41, 5.74) is -0.620. The molecule has 0 spiro atoms. The van der Waals surface area contributed by atoms with Gasteiger partial charge in [-0.15, -0.1) is 5.10 Å². The molecule has 0 atom stereocenters. The predicted octanol–water partition coefficient (Wildman–Crippen LogP) is 2.68. The van der Waals surface area contributed by atoms with E-state index in [4.69, 9.17) is 9.57 Å². The molecule has 25 heavy (non-hydrogen) atoms. The smallest absolute Gasteiger partial charge is 0.416 e. The van der Waals surface area contributed by atoms with Gasteiger partial charge in [0, 0.05) is 24.9 Å². The molecule has 1 aliphatic heterocycles. The second-order valence-corrected chi connectivity index (χ2v) is 5.22. The molecule has 2 heterocycles. The zero-order valence-corrected chi connectivity index (χ0v) is 13.4. The molecule has 3 rings (SSSR count). The van der Waals surface area contributed by atoms with E-state index < -0.39 is 11.7 Å². The van der Waals surface area contributed by atoms with Gasteiger partial charge in [-0.1, -0.05) is 5.16 Å². The average molecular weight is 353 g/mol. The molecular formula is C15H14F3N5O2. The van der Waals surface area contributed by atoms with Crippen LogP contribution in [0.1, 0.15) is 5.56 Å². The second kappa shape index (κ2) is 6.46. The van der Waals surface area contributed by atoms with Crippen LogP contribution in [0.4, 0.5) is 13.2 Å². The topological polar surface area (TPSA) is 64.8 Å². The molecule has 1 aliphatic rings. The number of methoxy groups -OCH3 is 1. The van der Waals surface area contributed by atoms with Crippen LogP contribution in [-0.2, 0) is 11.0 Å². The monoisotopic (exact) mass is 353 g/mol. The molecule has 132 valence electrons. The Labute approximate surface area is 141 Å². The maximum absolute atomic E-state index is 13.0. The van der Waals surface area contributed by atoms with Crippen molar-refractivity contribution in [2.45, 2.75) is 6.18 Å². The lowest BCUT2D eigenvalue weighted by atomic mass is 10.1. The van der Waals surface area contributed by atoms with Gasteiger partial charge in [0.15, 0.2) is 18.4 Å². The molecule has 1 aromatic carbocycles. The Morgan fingerprint density at radius 1 is 1.28 bits per heavy atom. The van der Waals surface area contributed by atoms with Gasteiger partial charge >= 0.3 is 6.18 Å². The molecule has 0 fully saturated rings. The third-order valence-corrected chi connectivity index (χ3v) is 3.41. The van der Waals surface area contributed by atoms with Crippen molar-refractivity contribution in [2.24, 2.45) is 5.16 Å². The number of amidine groups is 1. The van der Waals surface area contributed by atoms with Crippen LogP contribution >= 0.6 is 0 Å². The van der Waals surface area contributed by atoms with E-state index in [-0.39, 0.29) is 17.1 Å². The SMILES string of the molecule is COc1cc(-c2ncn(C=CC3=NOCN3C)n2)cc(C(F)(F)F)c1. The first kappa shape index (κ1) is 16.8. The first-order valence-electron chi connectivity index (χ1n) is 7.14. The lowest BCUT2D eigenvalue weighted by molar-refractivity contribution is -0.137. The fraction of sp³-hybridized carbons (Fsp3) is 0.267. The van der Waals surface area contributed by atoms with Gasteiger partial charge in [0.05, 0.1) is 12.7 Å². The minimum Gasteiger partial charge on any atom is -0.497 e. The van der Waals surface area contributed by atoms with Crippen molar-refractivity contribution in [1.29, 1.82) is 0 Å². The minimum absolute atomic E-state index is 0.0794. The standard InChI is InChI=1S/C15H14F3N5O2/c1-22-9-25-21-13(22)3-4-23-8-19-14(20-23)10-5-11(15(16,17)18)7-12(6-10)24-2/h3-8H,9H2,1-2H3. The summed E-state index contributed by atoms with van der Waals surface area (Å²) in [6, 6.07) is 3.35. The molecule has 7 nitrogen and oxygen atoms in total. The number of rotatable bonds is 4. The Balaban J connectivity index is 1.88. The van der Waals surface area contributed by atoms with Gasteiger partial charge in [-0.25, -0.2) is 9.67 Å². The number of ether oxygens (including phenoxy) is 1. The van der Waals surface area contributed by atoms with E-state index in [1.807, 2.05) is 0 Å². The van der Waals surface area contributed by atoms with Crippen LogP contribution < -0.4 is 4.74 Å². The van der Waals surface area contributed by atoms with Crippen LogP contribution in [0.3, 0.4) is 0 Å². The van der Waals surface area contributed by atoms with E-state index >= 15 is 0 Å². The largest absolute Gasteiger partial charge is 0.497 e. The van der Waals surface area contributed by atoms with E-state index in [9.17, 15) is 13.2 Å². The average Bonchev–Trinajstić information content (AvgIpc) is 3.20. The van der Waals surface area contributed by atoms with Gasteiger partial charge in [-0.05, 0) is 18.2 Å². The number of oxime groups is 1. The molecule has 0 radical (unpaired) electrons. The van der Waals surface area contributed by atoms with Crippen LogP contribution in [-0.4, -0.2) is 46.4 Å². The third-order valence-electron chi connectivity index (χ3n) is 3.41. The van der Waals surface area contributed by atoms with E-state index in [1.165, 1.54) is 24.2 Å². The van der Waals surface area contributed by atoms with Gasteiger partial charge in [0.1, 0.15) is 12.1 Å². The molecule has 0 saturated heterocycles. The predicted molar refractivity (Wildman–Crippen MR) is 83.5 cm³/mol. The van der Waals surface area contributed by atoms with Crippen molar-refractivity contribution in [1.82, 2.24) is 19.7 Å². The quantitative estimate of drug-likeness (QED) is 0.846. The van der Waals surface area contributed by atoms with Crippen molar-refractivity contribution in [3.8, 4) is 17.1 Å². The van der Waals surface area contributed by atoms with Crippen molar-refractivity contribution in [3.63, 3.8) is 0 Å². The van der Waals surface area contributed by atoms with Crippen molar-refractivity contribution in [3.05, 3.63) is 36.2 Å². The zero-order chi connectivity index (χ0) is 18.0. The number of alkyl halides is 3. The number of benzene rings is 1. The molecule has 10 heteroatoms. The highest BCUT2D eigenvalue weighted by Crippen LogP contribution is 2.34. The van der Waals surface area contributed by atoms with Gasteiger partial charge in [-0.2, -0.15) is 13.2 Å². The van der Waals surface area contributed by atoms with Gasteiger partial charge in [0.2, 0.25) is 0 Å². The third kappa shape index (κ3) is 3.73. The Hall–Kier alpha value is -3.04. The Bertz CT molecular complexity index is 829. The summed E-state index contributed by atoms with van der Waals surface area (Å²) >= 11 is 0. The molecule has 0 unspecified atom stereocenters. The summed E-state index contributed by atoms with van der Waals surface area (Å²) < 4.78 is 45.3. The summed E-state index contributed by atoms with van der Waals surface area (Å²) in [5.74, 6) is 0.820. The minimum atomic E-state index is -4.49. The van der Waals surface area contributed by atoms with Crippen molar-refractivity contribution in [2.75, 3.05) is 20.9 Å². The van der Waals surface area contributed by atoms with E-state index in [1.54, 1.807) is 24.2 Å². The summed E-state index contributed by atoms with van der Waals surface area (Å²) in [6.07, 6.45) is 0.120. The molecular weight excluding hydrogens is 339 g/mol. The molecule has 1 aromatic heterocycles. The number of hydrogen-bond acceptors (Lipinski definition) is 6. The van der Waals surface area contributed by atoms with Crippen LogP contribution in [0.15, 0.2) is 35.8 Å². The van der Waals surface area contributed by atoms with E-state index in [0.717, 1.165) is 12.1 Å². The highest BCUT2D eigenvalue weighted by Gasteiger charge is 2.31. The summed E-state index contributed by atoms with van der Waals surface area (Å²) in [6.45, 7) is 0.353. The lowest BCUT2D eigenvalue weighted by Crippen LogP contribution is -2.20. The van der Waals surface area contributed by atoms with Gasteiger partial charge < -0.3 is 14.5 Å². The molecule has 0 aliphatic carbocycles. The van der Waals surface area contributed by atoms with E-state index in [2.05, 4.69) is 15.2 Å². The highest BCUT2D eigenvalue weighted by molar-refractivity contribution is 5.95. The fourth-order valence-corrected chi connectivity index (χ4v) is 2.11. The maximum atomic E-state index is 13.0. The number of likely N-dealkylation sites (N-methyl/N-ethyl adjacent to an activating group) is 1. The molecule has 0 N–H and O–H groups in total. The molecule has 0 amide bonds. The molecule has 0 bridgehead atoms. The first-order chi connectivity index (χ1) is 11.9. The Kier molecular flexibility index (Phi) is 4.34. The molecule has 0 saturated carbocycles. The summed E-state index contributed by atoms with van der Waals surface area (Å²) in [4.78, 5) is 10.7. The van der Waals surface area contributed by atoms with Gasteiger partial charge in [-0.3, -0.25) is 0 Å². The lowest BCUT2D eigenvalue weighted by Gasteiger charge is -2.10. The Morgan fingerprint density at radius 3 is 2.72 bits per heavy atom. The number of nitrogens with zero attached hydrogens (tertiary/aromatic N) is 5. The zero-order valence-electron chi connectivity index (χ0n) is 13.4. The Morgan fingerprint density at radius 2 is 2.08 bits per heavy atom. The first-order valence-corrected chi connectivity index (χ1v) is 7.14. The van der Waals surface area contributed by atoms with Crippen LogP contribution in [0.2, 0.25) is 0 Å². The molecule has 2 aromatic rings. The van der Waals surface area contributed by atoms with Crippen molar-refractivity contribution >= 4 is 12.0 Å². The number of hydrogen-bond donors (Lipinski definition) is 0. The van der Waals surface area contributed by atoms with Gasteiger partial charge in [0.25, 0.3) is 0 Å². The summed E-state index contributed by atoms with van der Waals surface area (Å²) in [7, 11) is 3.10. The number of halogens is 3. The van der Waals surface area contributed by atoms with Crippen molar-refractivity contribution < 1.29 is 22.7 Å². The van der Waals surface area contributed by atoms with E-state index in [0.29, 0.717) is 12.6 Å².